The molecule has 2 fully saturated rings. The molecule has 2 aliphatic rings. The van der Waals surface area contributed by atoms with Crippen molar-refractivity contribution in [3.8, 4) is 5.88 Å². The Bertz CT molecular complexity index is 843. The summed E-state index contributed by atoms with van der Waals surface area (Å²) in [6, 6.07) is 10.2. The summed E-state index contributed by atoms with van der Waals surface area (Å²) in [5.74, 6) is 2.59. The Morgan fingerprint density at radius 3 is 2.75 bits per heavy atom. The topological polar surface area (TPSA) is 45.7 Å². The van der Waals surface area contributed by atoms with E-state index in [0.29, 0.717) is 24.5 Å². The second-order valence-electron chi connectivity index (χ2n) is 7.53. The van der Waals surface area contributed by atoms with Crippen LogP contribution in [-0.4, -0.2) is 59.6 Å². The maximum Gasteiger partial charge on any atom is 0.259 e. The molecule has 2 aromatic rings. The number of aryl methyl sites for hydroxylation is 2. The Kier molecular flexibility index (Phi) is 5.76. The second-order valence-corrected chi connectivity index (χ2v) is 8.68. The molecular weight excluding hydrogens is 370 g/mol. The van der Waals surface area contributed by atoms with Crippen LogP contribution in [0.1, 0.15) is 27.9 Å². The number of piperazine rings is 1. The lowest BCUT2D eigenvalue weighted by molar-refractivity contribution is 0.0738. The Morgan fingerprint density at radius 1 is 1.18 bits per heavy atom. The van der Waals surface area contributed by atoms with E-state index >= 15 is 0 Å². The minimum absolute atomic E-state index is 0.0226. The lowest BCUT2D eigenvalue weighted by atomic mass is 10.1. The minimum Gasteiger partial charge on any atom is -0.473 e. The molecule has 1 aromatic carbocycles. The summed E-state index contributed by atoms with van der Waals surface area (Å²) in [5.41, 5.74) is 4.40. The number of carbonyl (C=O) groups is 1. The van der Waals surface area contributed by atoms with Crippen molar-refractivity contribution in [1.82, 2.24) is 9.88 Å². The van der Waals surface area contributed by atoms with Gasteiger partial charge < -0.3 is 14.5 Å². The molecule has 0 N–H and O–H groups in total. The number of nitrogens with zero attached hydrogens (tertiary/aromatic N) is 3. The van der Waals surface area contributed by atoms with Gasteiger partial charge in [-0.05, 0) is 55.3 Å². The van der Waals surface area contributed by atoms with Gasteiger partial charge in [0.15, 0.2) is 0 Å². The molecule has 1 unspecified atom stereocenters. The minimum atomic E-state index is 0.0226. The fraction of sp³-hybridized carbons (Fsp3) is 0.455. The van der Waals surface area contributed by atoms with E-state index in [1.54, 1.807) is 6.20 Å². The maximum atomic E-state index is 13.1. The first kappa shape index (κ1) is 19.1. The zero-order valence-electron chi connectivity index (χ0n) is 16.6. The SMILES string of the molecule is Cc1ccc(C)c(N2CCN(C(=O)c3cccnc3OC3CCSC3)CC2)c1. The van der Waals surface area contributed by atoms with E-state index < -0.39 is 0 Å². The number of carbonyl (C=O) groups excluding carboxylic acids is 1. The summed E-state index contributed by atoms with van der Waals surface area (Å²) in [4.78, 5) is 21.8. The van der Waals surface area contributed by atoms with Crippen molar-refractivity contribution in [2.24, 2.45) is 0 Å². The van der Waals surface area contributed by atoms with Crippen LogP contribution in [0, 0.1) is 13.8 Å². The Balaban J connectivity index is 1.44. The number of hydrogen-bond acceptors (Lipinski definition) is 5. The van der Waals surface area contributed by atoms with Crippen molar-refractivity contribution in [2.75, 3.05) is 42.6 Å². The van der Waals surface area contributed by atoms with Crippen LogP contribution in [0.15, 0.2) is 36.5 Å². The molecular formula is C22H27N3O2S. The average molecular weight is 398 g/mol. The molecule has 0 radical (unpaired) electrons. The van der Waals surface area contributed by atoms with Crippen molar-refractivity contribution in [2.45, 2.75) is 26.4 Å². The normalized spacial score (nSPS) is 19.7. The molecule has 2 aliphatic heterocycles. The summed E-state index contributed by atoms with van der Waals surface area (Å²) in [6.45, 7) is 7.36. The largest absolute Gasteiger partial charge is 0.473 e. The summed E-state index contributed by atoms with van der Waals surface area (Å²) in [7, 11) is 0. The van der Waals surface area contributed by atoms with Gasteiger partial charge in [-0.2, -0.15) is 11.8 Å². The monoisotopic (exact) mass is 397 g/mol. The highest BCUT2D eigenvalue weighted by molar-refractivity contribution is 7.99. The quantitative estimate of drug-likeness (QED) is 0.790. The fourth-order valence-corrected chi connectivity index (χ4v) is 4.89. The van der Waals surface area contributed by atoms with Crippen molar-refractivity contribution in [3.05, 3.63) is 53.2 Å². The molecule has 2 saturated heterocycles. The fourth-order valence-electron chi connectivity index (χ4n) is 3.79. The number of anilines is 1. The van der Waals surface area contributed by atoms with E-state index in [4.69, 9.17) is 4.74 Å². The van der Waals surface area contributed by atoms with Crippen molar-refractivity contribution in [3.63, 3.8) is 0 Å². The van der Waals surface area contributed by atoms with E-state index in [0.717, 1.165) is 31.0 Å². The van der Waals surface area contributed by atoms with E-state index in [9.17, 15) is 4.79 Å². The van der Waals surface area contributed by atoms with Gasteiger partial charge in [-0.3, -0.25) is 4.79 Å². The van der Waals surface area contributed by atoms with Crippen molar-refractivity contribution < 1.29 is 9.53 Å². The Labute approximate surface area is 171 Å². The van der Waals surface area contributed by atoms with Crippen LogP contribution in [0.4, 0.5) is 5.69 Å². The Hall–Kier alpha value is -2.21. The highest BCUT2D eigenvalue weighted by atomic mass is 32.2. The Morgan fingerprint density at radius 2 is 2.00 bits per heavy atom. The molecule has 1 amide bonds. The van der Waals surface area contributed by atoms with Crippen molar-refractivity contribution >= 4 is 23.4 Å². The number of amides is 1. The molecule has 1 atom stereocenters. The van der Waals surface area contributed by atoms with Crippen molar-refractivity contribution in [1.29, 1.82) is 0 Å². The van der Waals surface area contributed by atoms with Gasteiger partial charge in [-0.25, -0.2) is 4.98 Å². The molecule has 0 aliphatic carbocycles. The number of hydrogen-bond donors (Lipinski definition) is 0. The van der Waals surface area contributed by atoms with Gasteiger partial charge in [-0.1, -0.05) is 12.1 Å². The lowest BCUT2D eigenvalue weighted by Crippen LogP contribution is -2.49. The summed E-state index contributed by atoms with van der Waals surface area (Å²) < 4.78 is 6.05. The first-order chi connectivity index (χ1) is 13.6. The summed E-state index contributed by atoms with van der Waals surface area (Å²) >= 11 is 1.89. The third-order valence-corrected chi connectivity index (χ3v) is 6.57. The number of ether oxygens (including phenoxy) is 1. The molecule has 0 spiro atoms. The molecule has 6 heteroatoms. The number of aromatic nitrogens is 1. The molecule has 28 heavy (non-hydrogen) atoms. The molecule has 148 valence electrons. The highest BCUT2D eigenvalue weighted by Gasteiger charge is 2.27. The number of rotatable bonds is 4. The average Bonchev–Trinajstić information content (AvgIpc) is 3.23. The van der Waals surface area contributed by atoms with Crippen LogP contribution in [0.25, 0.3) is 0 Å². The van der Waals surface area contributed by atoms with Gasteiger partial charge in [-0.15, -0.1) is 0 Å². The molecule has 5 nitrogen and oxygen atoms in total. The molecule has 0 saturated carbocycles. The predicted molar refractivity (Wildman–Crippen MR) is 115 cm³/mol. The summed E-state index contributed by atoms with van der Waals surface area (Å²) in [5, 5.41) is 0. The predicted octanol–water partition coefficient (Wildman–Crippen LogP) is 3.55. The van der Waals surface area contributed by atoms with Gasteiger partial charge in [0, 0.05) is 43.8 Å². The van der Waals surface area contributed by atoms with Gasteiger partial charge in [0.2, 0.25) is 5.88 Å². The molecule has 1 aromatic heterocycles. The van der Waals surface area contributed by atoms with E-state index in [2.05, 4.69) is 41.9 Å². The van der Waals surface area contributed by atoms with Crippen LogP contribution < -0.4 is 9.64 Å². The number of benzene rings is 1. The summed E-state index contributed by atoms with van der Waals surface area (Å²) in [6.07, 6.45) is 2.88. The van der Waals surface area contributed by atoms with Crippen LogP contribution in [0.2, 0.25) is 0 Å². The highest BCUT2D eigenvalue weighted by Crippen LogP contribution is 2.26. The van der Waals surface area contributed by atoms with Gasteiger partial charge >= 0.3 is 0 Å². The molecule has 4 rings (SSSR count). The zero-order valence-corrected chi connectivity index (χ0v) is 17.4. The first-order valence-electron chi connectivity index (χ1n) is 9.93. The second kappa shape index (κ2) is 8.43. The van der Waals surface area contributed by atoms with Gasteiger partial charge in [0.05, 0.1) is 0 Å². The van der Waals surface area contributed by atoms with Crippen LogP contribution in [-0.2, 0) is 0 Å². The number of thioether (sulfide) groups is 1. The maximum absolute atomic E-state index is 13.1. The zero-order chi connectivity index (χ0) is 19.5. The first-order valence-corrected chi connectivity index (χ1v) is 11.1. The lowest BCUT2D eigenvalue weighted by Gasteiger charge is -2.37. The third-order valence-electron chi connectivity index (χ3n) is 5.44. The van der Waals surface area contributed by atoms with E-state index in [-0.39, 0.29) is 12.0 Å². The van der Waals surface area contributed by atoms with E-state index in [1.165, 1.54) is 16.8 Å². The van der Waals surface area contributed by atoms with Crippen LogP contribution in [0.5, 0.6) is 5.88 Å². The standard InChI is InChI=1S/C22H27N3O2S/c1-16-5-6-17(2)20(14-16)24-9-11-25(12-10-24)22(26)19-4-3-8-23-21(19)27-18-7-13-28-15-18/h3-6,8,14,18H,7,9-13,15H2,1-2H3. The third kappa shape index (κ3) is 4.12. The van der Waals surface area contributed by atoms with Gasteiger partial charge in [0.25, 0.3) is 5.91 Å². The van der Waals surface area contributed by atoms with Gasteiger partial charge in [0.1, 0.15) is 11.7 Å². The van der Waals surface area contributed by atoms with Crippen LogP contribution >= 0.6 is 11.8 Å². The smallest absolute Gasteiger partial charge is 0.259 e. The number of pyridine rings is 1. The molecule has 3 heterocycles. The van der Waals surface area contributed by atoms with E-state index in [1.807, 2.05) is 28.8 Å². The molecule has 0 bridgehead atoms. The van der Waals surface area contributed by atoms with Crippen LogP contribution in [0.3, 0.4) is 0 Å².